The summed E-state index contributed by atoms with van der Waals surface area (Å²) in [4.78, 5) is 30.1. The average Bonchev–Trinajstić information content (AvgIpc) is 2.97. The van der Waals surface area contributed by atoms with Crippen molar-refractivity contribution in [1.29, 1.82) is 0 Å². The van der Waals surface area contributed by atoms with E-state index in [1.54, 1.807) is 19.5 Å². The fourth-order valence-corrected chi connectivity index (χ4v) is 5.02. The Morgan fingerprint density at radius 3 is 2.70 bits per heavy atom. The van der Waals surface area contributed by atoms with Crippen molar-refractivity contribution in [2.45, 2.75) is 18.9 Å². The van der Waals surface area contributed by atoms with E-state index in [-0.39, 0.29) is 5.91 Å². The lowest BCUT2D eigenvalue weighted by atomic mass is 10.0. The van der Waals surface area contributed by atoms with Crippen molar-refractivity contribution in [2.24, 2.45) is 0 Å². The topological polar surface area (TPSA) is 95.5 Å². The summed E-state index contributed by atoms with van der Waals surface area (Å²) in [5, 5.41) is 6.99. The third-order valence-electron chi connectivity index (χ3n) is 7.25. The molecular weight excluding hydrogens is 509 g/mol. The normalized spacial score (nSPS) is 14.1. The van der Waals surface area contributed by atoms with Crippen LogP contribution >= 0.6 is 0 Å². The van der Waals surface area contributed by atoms with Crippen LogP contribution in [0.4, 0.5) is 27.4 Å². The number of aromatic nitrogens is 3. The highest BCUT2D eigenvalue weighted by Crippen LogP contribution is 2.39. The number of piperidine rings is 1. The number of nitrogens with one attached hydrogen (secondary N) is 2. The second kappa shape index (κ2) is 11.7. The van der Waals surface area contributed by atoms with E-state index >= 15 is 0 Å². The van der Waals surface area contributed by atoms with E-state index in [1.807, 2.05) is 37.4 Å². The van der Waals surface area contributed by atoms with Gasteiger partial charge in [-0.2, -0.15) is 0 Å². The maximum atomic E-state index is 13.9. The van der Waals surface area contributed by atoms with E-state index in [0.29, 0.717) is 40.2 Å². The molecule has 0 saturated carbocycles. The summed E-state index contributed by atoms with van der Waals surface area (Å²) in [5.41, 5.74) is 4.02. The molecule has 0 spiro atoms. The highest BCUT2D eigenvalue weighted by molar-refractivity contribution is 6.02. The Bertz CT molecular complexity index is 1550. The summed E-state index contributed by atoms with van der Waals surface area (Å²) < 4.78 is 19.7. The molecule has 0 radical (unpaired) electrons. The molecule has 1 aliphatic heterocycles. The molecule has 4 aromatic rings. The molecule has 0 atom stereocenters. The van der Waals surface area contributed by atoms with Crippen LogP contribution in [0.15, 0.2) is 67.6 Å². The fraction of sp³-hybridized carbons (Fsp3) is 0.267. The van der Waals surface area contributed by atoms with Crippen LogP contribution in [0, 0.1) is 5.82 Å². The Morgan fingerprint density at radius 1 is 1.18 bits per heavy atom. The number of fused-ring (bicyclic) bond motifs is 1. The minimum Gasteiger partial charge on any atom is -0.494 e. The number of hydrogen-bond acceptors (Lipinski definition) is 8. The van der Waals surface area contributed by atoms with Gasteiger partial charge in [0.25, 0.3) is 0 Å². The Labute approximate surface area is 232 Å². The Balaban J connectivity index is 1.53. The molecule has 1 amide bonds. The van der Waals surface area contributed by atoms with Gasteiger partial charge in [0.15, 0.2) is 0 Å². The number of anilines is 4. The van der Waals surface area contributed by atoms with E-state index < -0.39 is 5.82 Å². The lowest BCUT2D eigenvalue weighted by Gasteiger charge is -2.37. The minimum atomic E-state index is -0.425. The molecule has 1 saturated heterocycles. The molecule has 40 heavy (non-hydrogen) atoms. The van der Waals surface area contributed by atoms with Crippen molar-refractivity contribution in [3.05, 3.63) is 73.5 Å². The average molecular weight is 542 g/mol. The molecule has 1 fully saturated rings. The SMILES string of the molecule is C=CC(=O)Nc1cc(Nc2ncc3cccc(-c4cncc(F)c4)c3n2)c(OC)cc1N(C)C1CCN(C)CC1. The molecule has 1 aliphatic rings. The standard InChI is InChI=1S/C30H32FN7O2/c1-5-28(39)34-24-14-25(27(40-4)15-26(24)38(3)22-9-11-37(2)12-10-22)35-30-33-17-19-7-6-8-23(29(19)36-30)20-13-21(31)18-32-16-20/h5-8,13-18,22H,1,9-12H2,2-4H3,(H,34,39)(H,33,35,36). The summed E-state index contributed by atoms with van der Waals surface area (Å²) >= 11 is 0. The summed E-state index contributed by atoms with van der Waals surface area (Å²) in [6.07, 6.45) is 7.74. The van der Waals surface area contributed by atoms with Crippen molar-refractivity contribution in [3.63, 3.8) is 0 Å². The van der Waals surface area contributed by atoms with Crippen LogP contribution in [0.1, 0.15) is 12.8 Å². The lowest BCUT2D eigenvalue weighted by Crippen LogP contribution is -2.42. The van der Waals surface area contributed by atoms with Gasteiger partial charge >= 0.3 is 0 Å². The van der Waals surface area contributed by atoms with Crippen LogP contribution < -0.4 is 20.3 Å². The third kappa shape index (κ3) is 5.72. The maximum Gasteiger partial charge on any atom is 0.247 e. The smallest absolute Gasteiger partial charge is 0.247 e. The number of halogens is 1. The fourth-order valence-electron chi connectivity index (χ4n) is 5.02. The number of likely N-dealkylation sites (tertiary alicyclic amines) is 1. The van der Waals surface area contributed by atoms with Gasteiger partial charge in [-0.15, -0.1) is 0 Å². The number of hydrogen-bond donors (Lipinski definition) is 2. The summed E-state index contributed by atoms with van der Waals surface area (Å²) in [6.45, 7) is 5.62. The summed E-state index contributed by atoms with van der Waals surface area (Å²) in [6, 6.07) is 11.1. The summed E-state index contributed by atoms with van der Waals surface area (Å²) in [5.74, 6) is 0.146. The van der Waals surface area contributed by atoms with Crippen molar-refractivity contribution < 1.29 is 13.9 Å². The maximum absolute atomic E-state index is 13.9. The first-order chi connectivity index (χ1) is 19.4. The van der Waals surface area contributed by atoms with Crippen molar-refractivity contribution in [3.8, 4) is 16.9 Å². The van der Waals surface area contributed by atoms with Crippen molar-refractivity contribution in [1.82, 2.24) is 19.9 Å². The van der Waals surface area contributed by atoms with Crippen LogP contribution in [-0.2, 0) is 4.79 Å². The number of pyridine rings is 1. The molecule has 9 nitrogen and oxygen atoms in total. The van der Waals surface area contributed by atoms with Gasteiger partial charge in [0, 0.05) is 48.1 Å². The van der Waals surface area contributed by atoms with Gasteiger partial charge in [0.05, 0.1) is 35.9 Å². The Kier molecular flexibility index (Phi) is 7.88. The molecule has 0 aliphatic carbocycles. The quantitative estimate of drug-likeness (QED) is 0.293. The molecule has 3 heterocycles. The highest BCUT2D eigenvalue weighted by Gasteiger charge is 2.24. The number of methoxy groups -OCH3 is 1. The number of ether oxygens (including phenoxy) is 1. The molecule has 2 aromatic heterocycles. The van der Waals surface area contributed by atoms with Gasteiger partial charge in [-0.3, -0.25) is 9.78 Å². The van der Waals surface area contributed by atoms with E-state index in [9.17, 15) is 9.18 Å². The monoisotopic (exact) mass is 541 g/mol. The number of amides is 1. The van der Waals surface area contributed by atoms with Crippen molar-refractivity contribution in [2.75, 3.05) is 49.8 Å². The number of nitrogens with zero attached hydrogens (tertiary/aromatic N) is 5. The van der Waals surface area contributed by atoms with E-state index in [4.69, 9.17) is 9.72 Å². The van der Waals surface area contributed by atoms with Crippen LogP contribution in [0.2, 0.25) is 0 Å². The van der Waals surface area contributed by atoms with E-state index in [0.717, 1.165) is 42.6 Å². The van der Waals surface area contributed by atoms with Crippen LogP contribution in [0.25, 0.3) is 22.0 Å². The van der Waals surface area contributed by atoms with Gasteiger partial charge in [0.1, 0.15) is 11.6 Å². The lowest BCUT2D eigenvalue weighted by molar-refractivity contribution is -0.111. The zero-order valence-corrected chi connectivity index (χ0v) is 22.8. The minimum absolute atomic E-state index is 0.315. The predicted molar refractivity (Wildman–Crippen MR) is 157 cm³/mol. The third-order valence-corrected chi connectivity index (χ3v) is 7.25. The first kappa shape index (κ1) is 27.0. The number of rotatable bonds is 8. The molecular formula is C30H32FN7O2. The van der Waals surface area contributed by atoms with Gasteiger partial charge < -0.3 is 25.2 Å². The molecule has 0 bridgehead atoms. The molecule has 0 unspecified atom stereocenters. The highest BCUT2D eigenvalue weighted by atomic mass is 19.1. The van der Waals surface area contributed by atoms with E-state index in [1.165, 1.54) is 18.3 Å². The number of benzene rings is 2. The van der Waals surface area contributed by atoms with Gasteiger partial charge in [-0.1, -0.05) is 24.8 Å². The van der Waals surface area contributed by atoms with Crippen LogP contribution in [-0.4, -0.2) is 66.1 Å². The zero-order chi connectivity index (χ0) is 28.2. The van der Waals surface area contributed by atoms with Crippen molar-refractivity contribution >= 4 is 39.8 Å². The largest absolute Gasteiger partial charge is 0.494 e. The first-order valence-corrected chi connectivity index (χ1v) is 13.1. The van der Waals surface area contributed by atoms with Gasteiger partial charge in [0.2, 0.25) is 11.9 Å². The number of carbonyl (C=O) groups is 1. The second-order valence-corrected chi connectivity index (χ2v) is 9.86. The Hall–Kier alpha value is -4.57. The molecule has 10 heteroatoms. The summed E-state index contributed by atoms with van der Waals surface area (Å²) in [7, 11) is 5.76. The second-order valence-electron chi connectivity index (χ2n) is 9.86. The van der Waals surface area contributed by atoms with E-state index in [2.05, 4.69) is 44.0 Å². The zero-order valence-electron chi connectivity index (χ0n) is 22.8. The molecule has 5 rings (SSSR count). The number of para-hydroxylation sites is 1. The number of carbonyl (C=O) groups excluding carboxylic acids is 1. The first-order valence-electron chi connectivity index (χ1n) is 13.1. The van der Waals surface area contributed by atoms with Gasteiger partial charge in [-0.25, -0.2) is 14.4 Å². The predicted octanol–water partition coefficient (Wildman–Crippen LogP) is 5.24. The Morgan fingerprint density at radius 2 is 1.98 bits per heavy atom. The van der Waals surface area contributed by atoms with Crippen LogP contribution in [0.5, 0.6) is 5.75 Å². The van der Waals surface area contributed by atoms with Gasteiger partial charge in [-0.05, 0) is 51.2 Å². The molecule has 206 valence electrons. The molecule has 2 N–H and O–H groups in total. The van der Waals surface area contributed by atoms with Crippen LogP contribution in [0.3, 0.4) is 0 Å². The molecule has 2 aromatic carbocycles.